The highest BCUT2D eigenvalue weighted by atomic mass is 32.2. The molecule has 0 atom stereocenters. The van der Waals surface area contributed by atoms with Gasteiger partial charge in [0.15, 0.2) is 0 Å². The number of carbonyl (C=O) groups is 1. The molecule has 0 radical (unpaired) electrons. The molecule has 0 saturated heterocycles. The van der Waals surface area contributed by atoms with Crippen LogP contribution in [0.5, 0.6) is 0 Å². The van der Waals surface area contributed by atoms with Crippen LogP contribution in [0.1, 0.15) is 42.7 Å². The van der Waals surface area contributed by atoms with Crippen LogP contribution in [0.4, 0.5) is 0 Å². The van der Waals surface area contributed by atoms with Gasteiger partial charge >= 0.3 is 0 Å². The maximum atomic E-state index is 11.7. The fourth-order valence-corrected chi connectivity index (χ4v) is 3.28. The third-order valence-corrected chi connectivity index (χ3v) is 4.34. The Hall–Kier alpha value is -0.970. The molecule has 2 rings (SSSR count). The number of amides is 1. The summed E-state index contributed by atoms with van der Waals surface area (Å²) in [7, 11) is 0. The van der Waals surface area contributed by atoms with Crippen molar-refractivity contribution in [1.82, 2.24) is 10.5 Å². The lowest BCUT2D eigenvalue weighted by Crippen LogP contribution is -2.33. The summed E-state index contributed by atoms with van der Waals surface area (Å²) < 4.78 is 5.10. The third-order valence-electron chi connectivity index (χ3n) is 3.38. The zero-order chi connectivity index (χ0) is 13.0. The third kappa shape index (κ3) is 3.51. The van der Waals surface area contributed by atoms with Crippen LogP contribution in [0.15, 0.2) is 4.52 Å². The van der Waals surface area contributed by atoms with E-state index < -0.39 is 0 Å². The Labute approximate surface area is 112 Å². The second-order valence-electron chi connectivity index (χ2n) is 4.84. The molecule has 0 bridgehead atoms. The highest BCUT2D eigenvalue weighted by Gasteiger charge is 2.17. The second-order valence-corrected chi connectivity index (χ2v) is 5.83. The number of hydrogen-bond donors (Lipinski definition) is 1. The van der Waals surface area contributed by atoms with Crippen LogP contribution >= 0.6 is 11.8 Å². The van der Waals surface area contributed by atoms with E-state index in [1.165, 1.54) is 12.8 Å². The molecule has 5 heteroatoms. The molecule has 1 saturated carbocycles. The van der Waals surface area contributed by atoms with E-state index >= 15 is 0 Å². The first-order valence-corrected chi connectivity index (χ1v) is 7.61. The monoisotopic (exact) mass is 268 g/mol. The SMILES string of the molecule is Cc1noc(C)c1CSCC(=O)NC1CCCC1. The molecule has 18 heavy (non-hydrogen) atoms. The molecule has 0 aliphatic heterocycles. The average molecular weight is 268 g/mol. The van der Waals surface area contributed by atoms with Gasteiger partial charge in [0.25, 0.3) is 0 Å². The molecule has 1 fully saturated rings. The molecule has 1 aliphatic rings. The summed E-state index contributed by atoms with van der Waals surface area (Å²) in [5.74, 6) is 2.31. The predicted octanol–water partition coefficient (Wildman–Crippen LogP) is 2.58. The maximum absolute atomic E-state index is 11.7. The normalized spacial score (nSPS) is 16.1. The van der Waals surface area contributed by atoms with Gasteiger partial charge in [0.05, 0.1) is 11.4 Å². The topological polar surface area (TPSA) is 55.1 Å². The lowest BCUT2D eigenvalue weighted by atomic mass is 10.2. The van der Waals surface area contributed by atoms with Crippen LogP contribution in [0, 0.1) is 13.8 Å². The van der Waals surface area contributed by atoms with Gasteiger partial charge in [-0.05, 0) is 26.7 Å². The van der Waals surface area contributed by atoms with Crippen molar-refractivity contribution < 1.29 is 9.32 Å². The van der Waals surface area contributed by atoms with E-state index in [9.17, 15) is 4.79 Å². The lowest BCUT2D eigenvalue weighted by molar-refractivity contribution is -0.119. The minimum absolute atomic E-state index is 0.152. The molecule has 0 unspecified atom stereocenters. The first-order valence-electron chi connectivity index (χ1n) is 6.45. The van der Waals surface area contributed by atoms with Gasteiger partial charge in [0.1, 0.15) is 5.76 Å². The Morgan fingerprint density at radius 1 is 1.44 bits per heavy atom. The zero-order valence-electron chi connectivity index (χ0n) is 11.0. The molecular weight excluding hydrogens is 248 g/mol. The quantitative estimate of drug-likeness (QED) is 0.891. The van der Waals surface area contributed by atoms with Crippen molar-refractivity contribution >= 4 is 17.7 Å². The summed E-state index contributed by atoms with van der Waals surface area (Å²) in [4.78, 5) is 11.7. The smallest absolute Gasteiger partial charge is 0.230 e. The van der Waals surface area contributed by atoms with Crippen molar-refractivity contribution in [2.45, 2.75) is 51.3 Å². The van der Waals surface area contributed by atoms with E-state index in [4.69, 9.17) is 4.52 Å². The van der Waals surface area contributed by atoms with E-state index in [1.54, 1.807) is 11.8 Å². The van der Waals surface area contributed by atoms with Gasteiger partial charge in [0, 0.05) is 17.4 Å². The van der Waals surface area contributed by atoms with Crippen molar-refractivity contribution in [3.8, 4) is 0 Å². The molecule has 1 aromatic heterocycles. The lowest BCUT2D eigenvalue weighted by Gasteiger charge is -2.11. The van der Waals surface area contributed by atoms with E-state index in [-0.39, 0.29) is 5.91 Å². The van der Waals surface area contributed by atoms with Crippen LogP contribution in [0.3, 0.4) is 0 Å². The molecule has 0 spiro atoms. The molecule has 4 nitrogen and oxygen atoms in total. The number of aryl methyl sites for hydroxylation is 2. The highest BCUT2D eigenvalue weighted by Crippen LogP contribution is 2.20. The predicted molar refractivity (Wildman–Crippen MR) is 72.5 cm³/mol. The largest absolute Gasteiger partial charge is 0.361 e. The van der Waals surface area contributed by atoms with Gasteiger partial charge in [-0.25, -0.2) is 0 Å². The van der Waals surface area contributed by atoms with Gasteiger partial charge in [-0.3, -0.25) is 4.79 Å². The molecule has 1 aromatic rings. The summed E-state index contributed by atoms with van der Waals surface area (Å²) in [5, 5.41) is 7.00. The first-order chi connectivity index (χ1) is 8.66. The van der Waals surface area contributed by atoms with Gasteiger partial charge in [-0.1, -0.05) is 18.0 Å². The summed E-state index contributed by atoms with van der Waals surface area (Å²) in [5.41, 5.74) is 2.05. The fraction of sp³-hybridized carbons (Fsp3) is 0.692. The minimum atomic E-state index is 0.152. The Balaban J connectivity index is 1.70. The van der Waals surface area contributed by atoms with Crippen LogP contribution < -0.4 is 5.32 Å². The average Bonchev–Trinajstić information content (AvgIpc) is 2.93. The molecule has 1 N–H and O–H groups in total. The Morgan fingerprint density at radius 3 is 2.78 bits per heavy atom. The number of thioether (sulfide) groups is 1. The summed E-state index contributed by atoms with van der Waals surface area (Å²) in [6, 6.07) is 0.414. The van der Waals surface area contributed by atoms with E-state index in [0.717, 1.165) is 35.6 Å². The van der Waals surface area contributed by atoms with Crippen LogP contribution in [-0.2, 0) is 10.5 Å². The zero-order valence-corrected chi connectivity index (χ0v) is 11.8. The van der Waals surface area contributed by atoms with Crippen LogP contribution in [0.2, 0.25) is 0 Å². The molecule has 1 aliphatic carbocycles. The van der Waals surface area contributed by atoms with Gasteiger partial charge in [-0.15, -0.1) is 11.8 Å². The standard InChI is InChI=1S/C13H20N2O2S/c1-9-12(10(2)17-15-9)7-18-8-13(16)14-11-5-3-4-6-11/h11H,3-8H2,1-2H3,(H,14,16). The highest BCUT2D eigenvalue weighted by molar-refractivity contribution is 7.99. The van der Waals surface area contributed by atoms with Crippen molar-refractivity contribution in [3.05, 3.63) is 17.0 Å². The number of nitrogens with zero attached hydrogens (tertiary/aromatic N) is 1. The summed E-state index contributed by atoms with van der Waals surface area (Å²) >= 11 is 1.62. The molecule has 1 heterocycles. The summed E-state index contributed by atoms with van der Waals surface area (Å²) in [6.07, 6.45) is 4.77. The minimum Gasteiger partial charge on any atom is -0.361 e. The van der Waals surface area contributed by atoms with Crippen molar-refractivity contribution in [1.29, 1.82) is 0 Å². The molecule has 1 amide bonds. The Bertz CT molecular complexity index is 392. The van der Waals surface area contributed by atoms with Gasteiger partial charge in [0.2, 0.25) is 5.91 Å². The second kappa shape index (κ2) is 6.27. The van der Waals surface area contributed by atoms with E-state index in [0.29, 0.717) is 11.8 Å². The van der Waals surface area contributed by atoms with Crippen molar-refractivity contribution in [2.75, 3.05) is 5.75 Å². The summed E-state index contributed by atoms with van der Waals surface area (Å²) in [6.45, 7) is 3.85. The fourth-order valence-electron chi connectivity index (χ4n) is 2.29. The van der Waals surface area contributed by atoms with Crippen LogP contribution in [0.25, 0.3) is 0 Å². The number of aromatic nitrogens is 1. The number of hydrogen-bond acceptors (Lipinski definition) is 4. The van der Waals surface area contributed by atoms with E-state index in [1.807, 2.05) is 13.8 Å². The molecular formula is C13H20N2O2S. The van der Waals surface area contributed by atoms with Crippen molar-refractivity contribution in [2.24, 2.45) is 0 Å². The van der Waals surface area contributed by atoms with Gasteiger partial charge < -0.3 is 9.84 Å². The van der Waals surface area contributed by atoms with Crippen LogP contribution in [-0.4, -0.2) is 22.9 Å². The first kappa shape index (κ1) is 13.5. The van der Waals surface area contributed by atoms with Crippen molar-refractivity contribution in [3.63, 3.8) is 0 Å². The number of nitrogens with one attached hydrogen (secondary N) is 1. The maximum Gasteiger partial charge on any atom is 0.230 e. The molecule has 0 aromatic carbocycles. The number of rotatable bonds is 5. The Kier molecular flexibility index (Phi) is 4.69. The number of carbonyl (C=O) groups excluding carboxylic acids is 1. The molecule has 100 valence electrons. The van der Waals surface area contributed by atoms with Gasteiger partial charge in [-0.2, -0.15) is 0 Å². The Morgan fingerprint density at radius 2 is 2.17 bits per heavy atom. The van der Waals surface area contributed by atoms with E-state index in [2.05, 4.69) is 10.5 Å².